The predicted octanol–water partition coefficient (Wildman–Crippen LogP) is 3.32. The number of hydrogen-bond acceptors (Lipinski definition) is 5. The van der Waals surface area contributed by atoms with Crippen molar-refractivity contribution in [3.8, 4) is 0 Å². The molecule has 25 heavy (non-hydrogen) atoms. The van der Waals surface area contributed by atoms with E-state index in [9.17, 15) is 9.59 Å². The molecular weight excluding hydrogens is 338 g/mol. The Balaban J connectivity index is 1.61. The summed E-state index contributed by atoms with van der Waals surface area (Å²) in [5, 5.41) is 2.77. The zero-order valence-corrected chi connectivity index (χ0v) is 15.6. The maximum Gasteiger partial charge on any atom is 0.233 e. The minimum absolute atomic E-state index is 0.0340. The molecule has 1 N–H and O–H groups in total. The van der Waals surface area contributed by atoms with Crippen LogP contribution in [0.4, 0.5) is 0 Å². The van der Waals surface area contributed by atoms with Gasteiger partial charge in [-0.25, -0.2) is 0 Å². The molecule has 3 rings (SSSR count). The molecule has 3 atom stereocenters. The van der Waals surface area contributed by atoms with E-state index in [1.807, 2.05) is 19.1 Å². The van der Waals surface area contributed by atoms with Gasteiger partial charge in [0.05, 0.1) is 23.4 Å². The fraction of sp³-hybridized carbons (Fsp3) is 0.684. The van der Waals surface area contributed by atoms with E-state index >= 15 is 0 Å². The third-order valence-electron chi connectivity index (χ3n) is 5.17. The number of nitrogens with one attached hydrogen (secondary N) is 1. The third kappa shape index (κ3) is 5.11. The highest BCUT2D eigenvalue weighted by molar-refractivity contribution is 7.99. The summed E-state index contributed by atoms with van der Waals surface area (Å²) in [6, 6.07) is 3.28. The minimum Gasteiger partial charge on any atom is -0.468 e. The number of ketones is 1. The third-order valence-corrected chi connectivity index (χ3v) is 6.43. The van der Waals surface area contributed by atoms with Crippen LogP contribution in [0.5, 0.6) is 0 Å². The summed E-state index contributed by atoms with van der Waals surface area (Å²) >= 11 is 1.61. The van der Waals surface area contributed by atoms with Gasteiger partial charge < -0.3 is 14.5 Å². The molecule has 2 aliphatic rings. The molecule has 5 nitrogen and oxygen atoms in total. The summed E-state index contributed by atoms with van der Waals surface area (Å²) in [6.45, 7) is 1.93. The van der Waals surface area contributed by atoms with Gasteiger partial charge in [0.1, 0.15) is 18.4 Å². The number of furan rings is 1. The second-order valence-corrected chi connectivity index (χ2v) is 8.28. The van der Waals surface area contributed by atoms with E-state index in [2.05, 4.69) is 5.32 Å². The number of rotatable bonds is 7. The SMILES string of the molecule is C[C@@H]1OCC(=O)[C@@H]1NC(=O)[C@H](CC1CCCCC1)SCc1ccco1. The summed E-state index contributed by atoms with van der Waals surface area (Å²) in [5.41, 5.74) is 0. The van der Waals surface area contributed by atoms with Crippen molar-refractivity contribution in [2.24, 2.45) is 5.92 Å². The van der Waals surface area contributed by atoms with Gasteiger partial charge >= 0.3 is 0 Å². The molecule has 0 radical (unpaired) electrons. The first-order valence-corrected chi connectivity index (χ1v) is 10.3. The molecule has 1 aromatic rings. The predicted molar refractivity (Wildman–Crippen MR) is 97.3 cm³/mol. The Bertz CT molecular complexity index is 568. The van der Waals surface area contributed by atoms with Crippen LogP contribution in [0.3, 0.4) is 0 Å². The van der Waals surface area contributed by atoms with Crippen molar-refractivity contribution in [3.63, 3.8) is 0 Å². The molecular formula is C19H27NO4S. The maximum atomic E-state index is 12.9. The van der Waals surface area contributed by atoms with Gasteiger partial charge in [-0.05, 0) is 31.4 Å². The van der Waals surface area contributed by atoms with Crippen LogP contribution in [-0.2, 0) is 20.1 Å². The standard InChI is InChI=1S/C19H27NO4S/c1-13-18(16(21)11-24-13)20-19(22)17(10-14-6-3-2-4-7-14)25-12-15-8-5-9-23-15/h5,8-9,13-14,17-18H,2-4,6-7,10-12H2,1H3,(H,20,22)/t13-,17-,18+/m0/s1. The Morgan fingerprint density at radius 3 is 2.80 bits per heavy atom. The molecule has 1 aliphatic heterocycles. The largest absolute Gasteiger partial charge is 0.468 e. The topological polar surface area (TPSA) is 68.5 Å². The Kier molecular flexibility index (Phi) is 6.59. The molecule has 1 saturated heterocycles. The van der Waals surface area contributed by atoms with Gasteiger partial charge in [-0.2, -0.15) is 0 Å². The lowest BCUT2D eigenvalue weighted by Crippen LogP contribution is -2.47. The van der Waals surface area contributed by atoms with Gasteiger partial charge in [0.2, 0.25) is 5.91 Å². The molecule has 0 spiro atoms. The second kappa shape index (κ2) is 8.90. The Labute approximate surface area is 153 Å². The average molecular weight is 365 g/mol. The lowest BCUT2D eigenvalue weighted by molar-refractivity contribution is -0.126. The monoisotopic (exact) mass is 365 g/mol. The van der Waals surface area contributed by atoms with Gasteiger partial charge in [-0.3, -0.25) is 9.59 Å². The molecule has 1 aromatic heterocycles. The van der Waals surface area contributed by atoms with Gasteiger partial charge in [-0.1, -0.05) is 32.1 Å². The van der Waals surface area contributed by atoms with E-state index < -0.39 is 6.04 Å². The van der Waals surface area contributed by atoms with E-state index in [4.69, 9.17) is 9.15 Å². The van der Waals surface area contributed by atoms with Crippen molar-refractivity contribution in [1.82, 2.24) is 5.32 Å². The summed E-state index contributed by atoms with van der Waals surface area (Å²) in [5.74, 6) is 2.07. The molecule has 138 valence electrons. The first kappa shape index (κ1) is 18.5. The van der Waals surface area contributed by atoms with Crippen molar-refractivity contribution in [2.45, 2.75) is 68.6 Å². The van der Waals surface area contributed by atoms with E-state index in [1.54, 1.807) is 18.0 Å². The van der Waals surface area contributed by atoms with Crippen LogP contribution >= 0.6 is 11.8 Å². The summed E-state index contributed by atoms with van der Waals surface area (Å²) in [4.78, 5) is 24.8. The average Bonchev–Trinajstić information content (AvgIpc) is 3.24. The Hall–Kier alpha value is -1.27. The fourth-order valence-electron chi connectivity index (χ4n) is 3.66. The normalized spacial score (nSPS) is 25.9. The van der Waals surface area contributed by atoms with Crippen LogP contribution in [0.15, 0.2) is 22.8 Å². The number of ether oxygens (including phenoxy) is 1. The molecule has 0 aromatic carbocycles. The van der Waals surface area contributed by atoms with Crippen molar-refractivity contribution in [3.05, 3.63) is 24.2 Å². The number of carbonyl (C=O) groups excluding carboxylic acids is 2. The van der Waals surface area contributed by atoms with E-state index in [0.717, 1.165) is 12.2 Å². The highest BCUT2D eigenvalue weighted by Crippen LogP contribution is 2.32. The van der Waals surface area contributed by atoms with Crippen molar-refractivity contribution in [2.75, 3.05) is 6.61 Å². The van der Waals surface area contributed by atoms with Gasteiger partial charge in [0.25, 0.3) is 0 Å². The van der Waals surface area contributed by atoms with Crippen LogP contribution in [0.2, 0.25) is 0 Å². The van der Waals surface area contributed by atoms with Gasteiger partial charge in [-0.15, -0.1) is 11.8 Å². The smallest absolute Gasteiger partial charge is 0.233 e. The van der Waals surface area contributed by atoms with E-state index in [0.29, 0.717) is 11.7 Å². The molecule has 1 aliphatic carbocycles. The van der Waals surface area contributed by atoms with Crippen molar-refractivity contribution in [1.29, 1.82) is 0 Å². The minimum atomic E-state index is -0.509. The number of carbonyl (C=O) groups is 2. The molecule has 2 fully saturated rings. The quantitative estimate of drug-likeness (QED) is 0.803. The second-order valence-electron chi connectivity index (χ2n) is 7.09. The van der Waals surface area contributed by atoms with Crippen molar-refractivity contribution < 1.29 is 18.7 Å². The van der Waals surface area contributed by atoms with Gasteiger partial charge in [0.15, 0.2) is 5.78 Å². The lowest BCUT2D eigenvalue weighted by Gasteiger charge is -2.26. The highest BCUT2D eigenvalue weighted by Gasteiger charge is 2.36. The molecule has 6 heteroatoms. The Morgan fingerprint density at radius 2 is 2.16 bits per heavy atom. The number of amides is 1. The molecule has 0 unspecified atom stereocenters. The molecule has 1 saturated carbocycles. The van der Waals surface area contributed by atoms with Crippen LogP contribution < -0.4 is 5.32 Å². The molecule has 2 heterocycles. The van der Waals surface area contributed by atoms with Crippen LogP contribution in [0, 0.1) is 5.92 Å². The Morgan fingerprint density at radius 1 is 1.36 bits per heavy atom. The lowest BCUT2D eigenvalue weighted by atomic mass is 9.86. The molecule has 1 amide bonds. The number of hydrogen-bond donors (Lipinski definition) is 1. The molecule has 0 bridgehead atoms. The van der Waals surface area contributed by atoms with Gasteiger partial charge in [0, 0.05) is 0 Å². The number of thioether (sulfide) groups is 1. The maximum absolute atomic E-state index is 12.9. The van der Waals surface area contributed by atoms with E-state index in [1.165, 1.54) is 32.1 Å². The fourth-order valence-corrected chi connectivity index (χ4v) is 4.82. The van der Waals surface area contributed by atoms with Crippen molar-refractivity contribution >= 4 is 23.5 Å². The first-order chi connectivity index (χ1) is 12.1. The highest BCUT2D eigenvalue weighted by atomic mass is 32.2. The summed E-state index contributed by atoms with van der Waals surface area (Å²) in [6.07, 6.45) is 8.50. The van der Waals surface area contributed by atoms with Crippen LogP contribution in [0.25, 0.3) is 0 Å². The van der Waals surface area contributed by atoms with Crippen LogP contribution in [0.1, 0.15) is 51.2 Å². The zero-order valence-electron chi connectivity index (χ0n) is 14.7. The summed E-state index contributed by atoms with van der Waals surface area (Å²) in [7, 11) is 0. The van der Waals surface area contributed by atoms with Crippen LogP contribution in [-0.4, -0.2) is 35.7 Å². The number of Topliss-reactive ketones (excluding diaryl/α,β-unsaturated/α-hetero) is 1. The first-order valence-electron chi connectivity index (χ1n) is 9.22. The summed E-state index contributed by atoms with van der Waals surface area (Å²) < 4.78 is 10.7. The zero-order chi connectivity index (χ0) is 17.6. The van der Waals surface area contributed by atoms with E-state index in [-0.39, 0.29) is 29.7 Å².